The van der Waals surface area contributed by atoms with Gasteiger partial charge in [-0.25, -0.2) is 8.42 Å². The molecule has 0 unspecified atom stereocenters. The number of thioether (sulfide) groups is 1. The van der Waals surface area contributed by atoms with Gasteiger partial charge in [-0.3, -0.25) is 4.79 Å². The molecular formula is C11H13NO4S2. The maximum absolute atomic E-state index is 12.4. The lowest BCUT2D eigenvalue weighted by Gasteiger charge is -2.20. The lowest BCUT2D eigenvalue weighted by molar-refractivity contribution is -0.140. The first-order chi connectivity index (χ1) is 8.43. The number of carboxylic acid groups (broad SMARTS) is 1. The summed E-state index contributed by atoms with van der Waals surface area (Å²) in [5.41, 5.74) is 0.829. The Morgan fingerprint density at radius 1 is 1.50 bits per heavy atom. The zero-order chi connectivity index (χ0) is 13.3. The van der Waals surface area contributed by atoms with E-state index in [1.807, 2.05) is 0 Å². The van der Waals surface area contributed by atoms with Crippen LogP contribution in [-0.2, 0) is 14.8 Å². The van der Waals surface area contributed by atoms with Gasteiger partial charge in [-0.05, 0) is 24.6 Å². The van der Waals surface area contributed by atoms with E-state index < -0.39 is 22.0 Å². The van der Waals surface area contributed by atoms with Crippen molar-refractivity contribution in [2.75, 3.05) is 11.6 Å². The molecule has 0 saturated carbocycles. The Balaban J connectivity index is 2.40. The average Bonchev–Trinajstić information content (AvgIpc) is 2.78. The molecule has 2 rings (SSSR count). The molecule has 0 aromatic heterocycles. The summed E-state index contributed by atoms with van der Waals surface area (Å²) >= 11 is 1.31. The third kappa shape index (κ3) is 2.38. The number of nitrogens with zero attached hydrogens (tertiary/aromatic N) is 1. The fourth-order valence-electron chi connectivity index (χ4n) is 1.77. The zero-order valence-corrected chi connectivity index (χ0v) is 11.4. The molecule has 0 bridgehead atoms. The molecule has 5 nitrogen and oxygen atoms in total. The van der Waals surface area contributed by atoms with Crippen LogP contribution in [0.4, 0.5) is 0 Å². The molecule has 7 heteroatoms. The Bertz CT molecular complexity index is 570. The number of hydrogen-bond acceptors (Lipinski definition) is 4. The molecule has 1 saturated heterocycles. The van der Waals surface area contributed by atoms with E-state index in [1.54, 1.807) is 25.1 Å². The fourth-order valence-corrected chi connectivity index (χ4v) is 5.01. The minimum Gasteiger partial charge on any atom is -0.480 e. The van der Waals surface area contributed by atoms with E-state index in [-0.39, 0.29) is 10.8 Å². The minimum absolute atomic E-state index is 0.149. The molecule has 0 amide bonds. The molecule has 18 heavy (non-hydrogen) atoms. The SMILES string of the molecule is Cc1cccc(S(=O)(=O)N2CSC[C@H]2C(=O)O)c1. The van der Waals surface area contributed by atoms with Crippen LogP contribution < -0.4 is 0 Å². The normalized spacial score (nSPS) is 21.1. The van der Waals surface area contributed by atoms with E-state index in [0.717, 1.165) is 9.87 Å². The highest BCUT2D eigenvalue weighted by Gasteiger charge is 2.39. The molecular weight excluding hydrogens is 274 g/mol. The van der Waals surface area contributed by atoms with Crippen LogP contribution in [0.1, 0.15) is 5.56 Å². The summed E-state index contributed by atoms with van der Waals surface area (Å²) in [4.78, 5) is 11.2. The molecule has 0 radical (unpaired) electrons. The smallest absolute Gasteiger partial charge is 0.322 e. The van der Waals surface area contributed by atoms with Crippen molar-refractivity contribution in [3.8, 4) is 0 Å². The molecule has 0 spiro atoms. The van der Waals surface area contributed by atoms with Crippen molar-refractivity contribution < 1.29 is 18.3 Å². The number of carbonyl (C=O) groups is 1. The second-order valence-corrected chi connectivity index (χ2v) is 6.95. The van der Waals surface area contributed by atoms with Gasteiger partial charge < -0.3 is 5.11 Å². The molecule has 0 aliphatic carbocycles. The highest BCUT2D eigenvalue weighted by Crippen LogP contribution is 2.28. The van der Waals surface area contributed by atoms with Crippen LogP contribution in [0.15, 0.2) is 29.2 Å². The van der Waals surface area contributed by atoms with Crippen molar-refractivity contribution in [3.05, 3.63) is 29.8 Å². The summed E-state index contributed by atoms with van der Waals surface area (Å²) in [6.07, 6.45) is 0. The van der Waals surface area contributed by atoms with E-state index >= 15 is 0 Å². The summed E-state index contributed by atoms with van der Waals surface area (Å²) in [7, 11) is -3.72. The van der Waals surface area contributed by atoms with Crippen molar-refractivity contribution in [1.82, 2.24) is 4.31 Å². The van der Waals surface area contributed by atoms with Crippen LogP contribution in [0.2, 0.25) is 0 Å². The molecule has 1 aromatic carbocycles. The highest BCUT2D eigenvalue weighted by atomic mass is 32.2. The Hall–Kier alpha value is -1.05. The summed E-state index contributed by atoms with van der Waals surface area (Å²) in [5, 5.41) is 9.03. The van der Waals surface area contributed by atoms with Crippen molar-refractivity contribution in [1.29, 1.82) is 0 Å². The van der Waals surface area contributed by atoms with E-state index in [1.165, 1.54) is 17.8 Å². The number of sulfonamides is 1. The molecule has 1 fully saturated rings. The quantitative estimate of drug-likeness (QED) is 0.902. The Kier molecular flexibility index (Phi) is 3.65. The molecule has 1 aliphatic rings. The number of benzene rings is 1. The van der Waals surface area contributed by atoms with Gasteiger partial charge in [0.15, 0.2) is 0 Å². The molecule has 1 aromatic rings. The average molecular weight is 287 g/mol. The predicted octanol–water partition coefficient (Wildman–Crippen LogP) is 1.14. The summed E-state index contributed by atoms with van der Waals surface area (Å²) in [6, 6.07) is 5.52. The summed E-state index contributed by atoms with van der Waals surface area (Å²) < 4.78 is 25.8. The Morgan fingerprint density at radius 2 is 2.22 bits per heavy atom. The zero-order valence-electron chi connectivity index (χ0n) is 9.74. The first kappa shape index (κ1) is 13.4. The Labute approximate surface area is 110 Å². The molecule has 1 aliphatic heterocycles. The second-order valence-electron chi connectivity index (χ2n) is 4.06. The van der Waals surface area contributed by atoms with Gasteiger partial charge >= 0.3 is 5.97 Å². The second kappa shape index (κ2) is 4.91. The van der Waals surface area contributed by atoms with Gasteiger partial charge in [-0.2, -0.15) is 4.31 Å². The monoisotopic (exact) mass is 287 g/mol. The third-order valence-corrected chi connectivity index (χ3v) is 5.75. The molecule has 1 N–H and O–H groups in total. The van der Waals surface area contributed by atoms with Crippen LogP contribution in [-0.4, -0.2) is 41.5 Å². The maximum atomic E-state index is 12.4. The lowest BCUT2D eigenvalue weighted by Crippen LogP contribution is -2.41. The van der Waals surface area contributed by atoms with Crippen LogP contribution in [0, 0.1) is 6.92 Å². The van der Waals surface area contributed by atoms with Crippen molar-refractivity contribution in [2.45, 2.75) is 17.9 Å². The van der Waals surface area contributed by atoms with Gasteiger partial charge in [0, 0.05) is 5.75 Å². The number of rotatable bonds is 3. The van der Waals surface area contributed by atoms with Crippen molar-refractivity contribution >= 4 is 27.8 Å². The molecule has 1 atom stereocenters. The maximum Gasteiger partial charge on any atom is 0.322 e. The molecule has 1 heterocycles. The first-order valence-electron chi connectivity index (χ1n) is 5.32. The number of carboxylic acids is 1. The Morgan fingerprint density at radius 3 is 2.83 bits per heavy atom. The van der Waals surface area contributed by atoms with E-state index in [4.69, 9.17) is 5.11 Å². The number of hydrogen-bond donors (Lipinski definition) is 1. The van der Waals surface area contributed by atoms with Gasteiger partial charge in [0.1, 0.15) is 6.04 Å². The van der Waals surface area contributed by atoms with Crippen LogP contribution in [0.5, 0.6) is 0 Å². The van der Waals surface area contributed by atoms with Crippen LogP contribution in [0.3, 0.4) is 0 Å². The third-order valence-electron chi connectivity index (χ3n) is 2.72. The van der Waals surface area contributed by atoms with E-state index in [9.17, 15) is 13.2 Å². The summed E-state index contributed by atoms with van der Waals surface area (Å²) in [6.45, 7) is 1.80. The van der Waals surface area contributed by atoms with Gasteiger partial charge in [0.2, 0.25) is 10.0 Å². The van der Waals surface area contributed by atoms with E-state index in [2.05, 4.69) is 0 Å². The summed E-state index contributed by atoms with van der Waals surface area (Å²) in [5.74, 6) is -0.621. The van der Waals surface area contributed by atoms with Crippen LogP contribution in [0.25, 0.3) is 0 Å². The van der Waals surface area contributed by atoms with Crippen molar-refractivity contribution in [2.24, 2.45) is 0 Å². The fraction of sp³-hybridized carbons (Fsp3) is 0.364. The van der Waals surface area contributed by atoms with E-state index in [0.29, 0.717) is 5.75 Å². The van der Waals surface area contributed by atoms with Crippen LogP contribution >= 0.6 is 11.8 Å². The largest absolute Gasteiger partial charge is 0.480 e. The first-order valence-corrected chi connectivity index (χ1v) is 7.91. The molecule has 98 valence electrons. The minimum atomic E-state index is -3.72. The topological polar surface area (TPSA) is 74.7 Å². The lowest BCUT2D eigenvalue weighted by atomic mass is 10.2. The van der Waals surface area contributed by atoms with Gasteiger partial charge in [-0.1, -0.05) is 12.1 Å². The van der Waals surface area contributed by atoms with Gasteiger partial charge in [0.25, 0.3) is 0 Å². The number of aliphatic carboxylic acids is 1. The van der Waals surface area contributed by atoms with Gasteiger partial charge in [-0.15, -0.1) is 11.8 Å². The standard InChI is InChI=1S/C11H13NO4S2/c1-8-3-2-4-9(5-8)18(15,16)12-7-17-6-10(12)11(13)14/h2-5,10H,6-7H2,1H3,(H,13,14)/t10-/m0/s1. The predicted molar refractivity (Wildman–Crippen MR) is 69.0 cm³/mol. The number of aryl methyl sites for hydroxylation is 1. The van der Waals surface area contributed by atoms with Crippen molar-refractivity contribution in [3.63, 3.8) is 0 Å². The highest BCUT2D eigenvalue weighted by molar-refractivity contribution is 8.00. The van der Waals surface area contributed by atoms with Gasteiger partial charge in [0.05, 0.1) is 10.8 Å².